The molecule has 212 valence electrons. The summed E-state index contributed by atoms with van der Waals surface area (Å²) in [5, 5.41) is 5.37. The number of carbonyl (C=O) groups excluding carboxylic acids is 3. The van der Waals surface area contributed by atoms with Gasteiger partial charge in [0.2, 0.25) is 17.7 Å². The van der Waals surface area contributed by atoms with Crippen molar-refractivity contribution in [1.29, 1.82) is 0 Å². The average Bonchev–Trinajstić information content (AvgIpc) is 2.83. The van der Waals surface area contributed by atoms with E-state index in [1.165, 1.54) is 0 Å². The minimum atomic E-state index is -0.677. The van der Waals surface area contributed by atoms with Crippen LogP contribution >= 0.6 is 0 Å². The highest BCUT2D eigenvalue weighted by molar-refractivity contribution is 5.86. The van der Waals surface area contributed by atoms with Gasteiger partial charge in [0.15, 0.2) is 0 Å². The van der Waals surface area contributed by atoms with Crippen molar-refractivity contribution in [2.75, 3.05) is 66.0 Å². The van der Waals surface area contributed by atoms with Gasteiger partial charge in [-0.25, -0.2) is 0 Å². The molecule has 11 nitrogen and oxygen atoms in total. The Morgan fingerprint density at radius 2 is 1.49 bits per heavy atom. The second-order valence-electron chi connectivity index (χ2n) is 8.96. The van der Waals surface area contributed by atoms with E-state index in [1.54, 1.807) is 0 Å². The van der Waals surface area contributed by atoms with Crippen LogP contribution in [0.4, 0.5) is 0 Å². The van der Waals surface area contributed by atoms with Gasteiger partial charge in [-0.05, 0) is 25.2 Å². The molecule has 2 atom stereocenters. The molecule has 0 saturated heterocycles. The summed E-state index contributed by atoms with van der Waals surface area (Å²) in [6.07, 6.45) is 5.16. The van der Waals surface area contributed by atoms with E-state index in [9.17, 15) is 14.4 Å². The van der Waals surface area contributed by atoms with E-state index in [0.29, 0.717) is 52.8 Å². The minimum absolute atomic E-state index is 0.0124. The van der Waals surface area contributed by atoms with Crippen LogP contribution in [0.1, 0.15) is 52.4 Å². The molecule has 0 saturated carbocycles. The number of hydrogen-bond acceptors (Lipinski definition) is 8. The van der Waals surface area contributed by atoms with E-state index >= 15 is 0 Å². The molecule has 0 radical (unpaired) electrons. The van der Waals surface area contributed by atoms with Gasteiger partial charge in [0.1, 0.15) is 18.8 Å². The molecule has 0 aromatic rings. The smallest absolute Gasteiger partial charge is 0.246 e. The van der Waals surface area contributed by atoms with Crippen LogP contribution in [0.2, 0.25) is 0 Å². The summed E-state index contributed by atoms with van der Waals surface area (Å²) < 4.78 is 27.2. The third kappa shape index (κ3) is 18.6. The summed E-state index contributed by atoms with van der Waals surface area (Å²) in [4.78, 5) is 35.0. The Labute approximate surface area is 220 Å². The lowest BCUT2D eigenvalue weighted by Gasteiger charge is -2.18. The van der Waals surface area contributed by atoms with Gasteiger partial charge in [0.05, 0.1) is 52.9 Å². The molecular weight excluding hydrogens is 482 g/mol. The fourth-order valence-corrected chi connectivity index (χ4v) is 3.33. The minimum Gasteiger partial charge on any atom is -0.379 e. The van der Waals surface area contributed by atoms with Crippen molar-refractivity contribution in [3.05, 3.63) is 0 Å². The zero-order valence-electron chi connectivity index (χ0n) is 22.4. The summed E-state index contributed by atoms with van der Waals surface area (Å²) in [6, 6.07) is -0.677. The van der Waals surface area contributed by atoms with Crippen molar-refractivity contribution in [3.63, 3.8) is 0 Å². The maximum Gasteiger partial charge on any atom is 0.246 e. The topological polar surface area (TPSA) is 147 Å². The molecule has 11 heteroatoms. The van der Waals surface area contributed by atoms with Crippen LogP contribution in [0.5, 0.6) is 0 Å². The van der Waals surface area contributed by atoms with Crippen molar-refractivity contribution in [2.24, 2.45) is 11.7 Å². The highest BCUT2D eigenvalue weighted by Gasteiger charge is 2.21. The number of carbonyl (C=O) groups is 3. The first-order valence-electron chi connectivity index (χ1n) is 13.2. The van der Waals surface area contributed by atoms with Crippen LogP contribution in [-0.4, -0.2) is 95.9 Å². The van der Waals surface area contributed by atoms with Crippen molar-refractivity contribution in [1.82, 2.24) is 10.6 Å². The molecule has 3 amide bonds. The Bertz CT molecular complexity index is 708. The Balaban J connectivity index is 1.84. The first-order valence-corrected chi connectivity index (χ1v) is 13.2. The fourth-order valence-electron chi connectivity index (χ4n) is 3.33. The molecule has 0 heterocycles. The Hall–Kier alpha value is -2.23. The van der Waals surface area contributed by atoms with Crippen molar-refractivity contribution >= 4 is 17.7 Å². The molecule has 37 heavy (non-hydrogen) atoms. The number of nitrogens with one attached hydrogen (secondary N) is 2. The number of rotatable bonds is 21. The second kappa shape index (κ2) is 21.8. The largest absolute Gasteiger partial charge is 0.379 e. The summed E-state index contributed by atoms with van der Waals surface area (Å²) in [5.41, 5.74) is 5.27. The molecule has 0 bridgehead atoms. The summed E-state index contributed by atoms with van der Waals surface area (Å²) in [7, 11) is 0. The average molecular weight is 528 g/mol. The van der Waals surface area contributed by atoms with E-state index < -0.39 is 11.9 Å². The molecular formula is C26H45N3O8. The van der Waals surface area contributed by atoms with Gasteiger partial charge in [-0.3, -0.25) is 14.4 Å². The molecule has 0 aromatic heterocycles. The lowest BCUT2D eigenvalue weighted by Crippen LogP contribution is -2.47. The summed E-state index contributed by atoms with van der Waals surface area (Å²) >= 11 is 0. The first-order chi connectivity index (χ1) is 17.9. The van der Waals surface area contributed by atoms with Gasteiger partial charge in [-0.2, -0.15) is 0 Å². The quantitative estimate of drug-likeness (QED) is 0.145. The molecule has 1 unspecified atom stereocenters. The van der Waals surface area contributed by atoms with E-state index in [2.05, 4.69) is 22.5 Å². The number of hydrogen-bond donors (Lipinski definition) is 3. The maximum atomic E-state index is 11.9. The third-order valence-electron chi connectivity index (χ3n) is 5.39. The zero-order chi connectivity index (χ0) is 27.1. The van der Waals surface area contributed by atoms with Crippen LogP contribution in [0.25, 0.3) is 0 Å². The molecule has 0 aliphatic heterocycles. The van der Waals surface area contributed by atoms with Crippen molar-refractivity contribution < 1.29 is 38.1 Å². The van der Waals surface area contributed by atoms with Crippen LogP contribution in [0.3, 0.4) is 0 Å². The Morgan fingerprint density at radius 3 is 2.11 bits per heavy atom. The highest BCUT2D eigenvalue weighted by atomic mass is 16.6. The van der Waals surface area contributed by atoms with Gasteiger partial charge in [-0.1, -0.05) is 26.2 Å². The molecule has 0 spiro atoms. The number of ether oxygens (including phenoxy) is 5. The third-order valence-corrected chi connectivity index (χ3v) is 5.39. The normalized spacial score (nSPS) is 16.2. The fraction of sp³-hybridized carbons (Fsp3) is 0.808. The van der Waals surface area contributed by atoms with Crippen molar-refractivity contribution in [3.8, 4) is 11.8 Å². The van der Waals surface area contributed by atoms with Gasteiger partial charge >= 0.3 is 0 Å². The Morgan fingerprint density at radius 1 is 0.865 bits per heavy atom. The molecule has 4 N–H and O–H groups in total. The van der Waals surface area contributed by atoms with E-state index in [4.69, 9.17) is 29.4 Å². The molecule has 1 aliphatic rings. The second-order valence-corrected chi connectivity index (χ2v) is 8.96. The van der Waals surface area contributed by atoms with E-state index in [-0.39, 0.29) is 43.5 Å². The molecule has 0 aromatic carbocycles. The van der Waals surface area contributed by atoms with Gasteiger partial charge in [0.25, 0.3) is 0 Å². The number of amides is 3. The van der Waals surface area contributed by atoms with Gasteiger partial charge < -0.3 is 40.1 Å². The Kier molecular flexibility index (Phi) is 19.3. The van der Waals surface area contributed by atoms with Crippen LogP contribution < -0.4 is 16.4 Å². The SMILES string of the molecule is CC(C)[C@H](NC(=O)CCOCCOCCOCCOCCNC(=O)COC1C#CCCCCC1)C(N)=O. The molecule has 0 fully saturated rings. The zero-order valence-corrected chi connectivity index (χ0v) is 22.4. The van der Waals surface area contributed by atoms with E-state index in [1.807, 2.05) is 13.8 Å². The van der Waals surface area contributed by atoms with Crippen LogP contribution in [0, 0.1) is 17.8 Å². The van der Waals surface area contributed by atoms with E-state index in [0.717, 1.165) is 32.1 Å². The van der Waals surface area contributed by atoms with Crippen LogP contribution in [-0.2, 0) is 38.1 Å². The maximum absolute atomic E-state index is 11.9. The number of nitrogens with two attached hydrogens (primary N) is 1. The standard InChI is InChI=1S/C26H45N3O8/c1-21(2)25(26(27)32)29-23(30)10-12-33-14-16-35-18-19-36-17-15-34-13-11-28-24(31)20-37-22-8-6-4-3-5-7-9-22/h21-22,25H,3-6,8,10-20H2,1-2H3,(H2,27,32)(H,28,31)(H,29,30)/t22?,25-/m0/s1. The predicted octanol–water partition coefficient (Wildman–Crippen LogP) is 0.538. The summed E-state index contributed by atoms with van der Waals surface area (Å²) in [6.45, 7) is 7.10. The lowest BCUT2D eigenvalue weighted by atomic mass is 10.0. The highest BCUT2D eigenvalue weighted by Crippen LogP contribution is 2.10. The van der Waals surface area contributed by atoms with Gasteiger partial charge in [0, 0.05) is 19.4 Å². The van der Waals surface area contributed by atoms with Crippen LogP contribution in [0.15, 0.2) is 0 Å². The predicted molar refractivity (Wildman–Crippen MR) is 137 cm³/mol. The van der Waals surface area contributed by atoms with Gasteiger partial charge in [-0.15, -0.1) is 5.92 Å². The summed E-state index contributed by atoms with van der Waals surface area (Å²) in [5.74, 6) is 5.11. The monoisotopic (exact) mass is 527 g/mol. The molecule has 1 rings (SSSR count). The molecule has 1 aliphatic carbocycles. The lowest BCUT2D eigenvalue weighted by molar-refractivity contribution is -0.129. The first kappa shape index (κ1) is 32.8. The van der Waals surface area contributed by atoms with Crippen molar-refractivity contribution in [2.45, 2.75) is 64.5 Å². The number of primary amides is 1.